The van der Waals surface area contributed by atoms with E-state index in [2.05, 4.69) is 26.5 Å². The number of nitrogens with one attached hydrogen (secondary N) is 1. The lowest BCUT2D eigenvalue weighted by Gasteiger charge is -1.95. The molecule has 1 N–H and O–H groups in total. The van der Waals surface area contributed by atoms with Gasteiger partial charge in [-0.15, -0.1) is 0 Å². The summed E-state index contributed by atoms with van der Waals surface area (Å²) in [6, 6.07) is 13.0. The first kappa shape index (κ1) is 13.3. The fourth-order valence-electron chi connectivity index (χ4n) is 1.36. The molecule has 0 saturated carbocycles. The number of carbonyl (C=O) groups is 1. The van der Waals surface area contributed by atoms with Crippen molar-refractivity contribution in [2.24, 2.45) is 5.10 Å². The lowest BCUT2D eigenvalue weighted by molar-refractivity contribution is 0.0927. The van der Waals surface area contributed by atoms with Gasteiger partial charge in [-0.3, -0.25) is 4.79 Å². The number of carbonyl (C=O) groups excluding carboxylic acids is 1. The highest BCUT2D eigenvalue weighted by molar-refractivity contribution is 9.12. The van der Waals surface area contributed by atoms with Gasteiger partial charge < -0.3 is 4.42 Å². The minimum Gasteiger partial charge on any atom is -0.459 e. The van der Waals surface area contributed by atoms with E-state index in [1.165, 1.54) is 12.5 Å². The summed E-state index contributed by atoms with van der Waals surface area (Å²) in [5.74, 6) is -0.165. The Hall–Kier alpha value is -2.14. The summed E-state index contributed by atoms with van der Waals surface area (Å²) >= 11 is 3.35. The van der Waals surface area contributed by atoms with Gasteiger partial charge in [0.15, 0.2) is 5.76 Å². The molecule has 0 unspecified atom stereocenters. The number of rotatable bonds is 4. The van der Waals surface area contributed by atoms with Crippen LogP contribution in [0.2, 0.25) is 0 Å². The van der Waals surface area contributed by atoms with Crippen molar-refractivity contribution >= 4 is 34.1 Å². The van der Waals surface area contributed by atoms with Crippen LogP contribution in [0, 0.1) is 0 Å². The van der Waals surface area contributed by atoms with Gasteiger partial charge in [0.1, 0.15) is 0 Å². The molecule has 0 saturated heterocycles. The molecule has 96 valence electrons. The zero-order valence-electron chi connectivity index (χ0n) is 9.92. The Balaban J connectivity index is 1.92. The molecule has 0 bridgehead atoms. The molecule has 0 atom stereocenters. The van der Waals surface area contributed by atoms with Gasteiger partial charge in [0.25, 0.3) is 0 Å². The Kier molecular flexibility index (Phi) is 4.69. The molecule has 0 aliphatic carbocycles. The van der Waals surface area contributed by atoms with Crippen LogP contribution in [0.3, 0.4) is 0 Å². The van der Waals surface area contributed by atoms with E-state index in [1.54, 1.807) is 12.1 Å². The van der Waals surface area contributed by atoms with Gasteiger partial charge in [-0.1, -0.05) is 30.3 Å². The van der Waals surface area contributed by atoms with Crippen LogP contribution < -0.4 is 5.43 Å². The number of amides is 1. The van der Waals surface area contributed by atoms with Crippen LogP contribution in [0.1, 0.15) is 16.1 Å². The first-order valence-electron chi connectivity index (χ1n) is 5.55. The average molecular weight is 319 g/mol. The summed E-state index contributed by atoms with van der Waals surface area (Å²) in [7, 11) is 0. The van der Waals surface area contributed by atoms with Crippen LogP contribution in [0.5, 0.6) is 0 Å². The third-order valence-electron chi connectivity index (χ3n) is 2.20. The number of nitrogens with zero attached hydrogens (tertiary/aromatic N) is 1. The first-order chi connectivity index (χ1) is 9.25. The number of hydrogen-bond donors (Lipinski definition) is 1. The Morgan fingerprint density at radius 1 is 1.21 bits per heavy atom. The Labute approximate surface area is 118 Å². The quantitative estimate of drug-likeness (QED) is 0.693. The van der Waals surface area contributed by atoms with Crippen LogP contribution in [-0.2, 0) is 0 Å². The third-order valence-corrected chi connectivity index (χ3v) is 2.64. The molecule has 0 aliphatic rings. The van der Waals surface area contributed by atoms with E-state index in [9.17, 15) is 4.79 Å². The number of furan rings is 1. The van der Waals surface area contributed by atoms with Crippen LogP contribution in [0.25, 0.3) is 6.08 Å². The molecule has 1 aromatic heterocycles. The van der Waals surface area contributed by atoms with E-state index in [1.807, 2.05) is 36.4 Å². The van der Waals surface area contributed by atoms with Gasteiger partial charge >= 0.3 is 5.91 Å². The van der Waals surface area contributed by atoms with Gasteiger partial charge in [0.05, 0.1) is 12.5 Å². The first-order valence-corrected chi connectivity index (χ1v) is 6.34. The van der Waals surface area contributed by atoms with Crippen molar-refractivity contribution < 1.29 is 9.21 Å². The van der Waals surface area contributed by atoms with Gasteiger partial charge in [-0.2, -0.15) is 5.10 Å². The van der Waals surface area contributed by atoms with Crippen molar-refractivity contribution in [3.8, 4) is 0 Å². The molecule has 0 spiro atoms. The zero-order chi connectivity index (χ0) is 13.5. The van der Waals surface area contributed by atoms with Crippen LogP contribution >= 0.6 is 15.9 Å². The molecule has 19 heavy (non-hydrogen) atoms. The number of hydrogen-bond acceptors (Lipinski definition) is 3. The average Bonchev–Trinajstić information content (AvgIpc) is 2.93. The number of halogens is 1. The van der Waals surface area contributed by atoms with Crippen molar-refractivity contribution in [1.29, 1.82) is 0 Å². The topological polar surface area (TPSA) is 54.6 Å². The fraction of sp³-hybridized carbons (Fsp3) is 0. The summed E-state index contributed by atoms with van der Waals surface area (Å²) in [5, 5.41) is 3.82. The van der Waals surface area contributed by atoms with Crippen LogP contribution in [-0.4, -0.2) is 12.1 Å². The molecule has 1 heterocycles. The van der Waals surface area contributed by atoms with Crippen molar-refractivity contribution in [2.75, 3.05) is 0 Å². The normalized spacial score (nSPS) is 11.7. The Bertz CT molecular complexity index is 589. The second-order valence-electron chi connectivity index (χ2n) is 3.62. The molecular weight excluding hydrogens is 308 g/mol. The van der Waals surface area contributed by atoms with E-state index in [4.69, 9.17) is 4.42 Å². The maximum absolute atomic E-state index is 11.5. The number of allylic oxidation sites excluding steroid dienone is 1. The summed E-state index contributed by atoms with van der Waals surface area (Å²) < 4.78 is 5.68. The van der Waals surface area contributed by atoms with Crippen molar-refractivity contribution in [2.45, 2.75) is 0 Å². The van der Waals surface area contributed by atoms with Crippen LogP contribution in [0.15, 0.2) is 62.7 Å². The molecule has 4 nitrogen and oxygen atoms in total. The second kappa shape index (κ2) is 6.70. The molecular formula is C14H11BrN2O2. The molecule has 0 fully saturated rings. The fourth-order valence-corrected chi connectivity index (χ4v) is 1.73. The summed E-state index contributed by atoms with van der Waals surface area (Å²) in [4.78, 5) is 11.5. The number of hydrazone groups is 1. The SMILES string of the molecule is O=C(N/N=C/C(Br)=C\c1ccccc1)c1ccco1. The molecule has 2 aromatic rings. The summed E-state index contributed by atoms with van der Waals surface area (Å²) in [5.41, 5.74) is 3.41. The van der Waals surface area contributed by atoms with E-state index < -0.39 is 0 Å². The van der Waals surface area contributed by atoms with E-state index in [0.717, 1.165) is 10.0 Å². The molecule has 2 rings (SSSR count). The smallest absolute Gasteiger partial charge is 0.307 e. The van der Waals surface area contributed by atoms with E-state index in [0.29, 0.717) is 0 Å². The van der Waals surface area contributed by atoms with E-state index >= 15 is 0 Å². The minimum absolute atomic E-state index is 0.223. The summed E-state index contributed by atoms with van der Waals surface area (Å²) in [6.45, 7) is 0. The van der Waals surface area contributed by atoms with E-state index in [-0.39, 0.29) is 11.7 Å². The summed E-state index contributed by atoms with van der Waals surface area (Å²) in [6.07, 6.45) is 4.83. The maximum Gasteiger partial charge on any atom is 0.307 e. The Morgan fingerprint density at radius 2 is 2.00 bits per heavy atom. The zero-order valence-corrected chi connectivity index (χ0v) is 11.5. The van der Waals surface area contributed by atoms with Gasteiger partial charge in [-0.05, 0) is 39.7 Å². The van der Waals surface area contributed by atoms with Crippen molar-refractivity contribution in [1.82, 2.24) is 5.43 Å². The number of benzene rings is 1. The standard InChI is InChI=1S/C14H11BrN2O2/c15-12(9-11-5-2-1-3-6-11)10-16-17-14(18)13-7-4-8-19-13/h1-10H,(H,17,18)/b12-9+,16-10+. The van der Waals surface area contributed by atoms with Gasteiger partial charge in [0.2, 0.25) is 0 Å². The highest BCUT2D eigenvalue weighted by Gasteiger charge is 2.05. The second-order valence-corrected chi connectivity index (χ2v) is 4.53. The monoisotopic (exact) mass is 318 g/mol. The highest BCUT2D eigenvalue weighted by Crippen LogP contribution is 2.09. The maximum atomic E-state index is 11.5. The largest absolute Gasteiger partial charge is 0.459 e. The van der Waals surface area contributed by atoms with Gasteiger partial charge in [-0.25, -0.2) is 5.43 Å². The lowest BCUT2D eigenvalue weighted by atomic mass is 10.2. The molecule has 0 aliphatic heterocycles. The molecule has 0 radical (unpaired) electrons. The van der Waals surface area contributed by atoms with Crippen LogP contribution in [0.4, 0.5) is 0 Å². The molecule has 1 amide bonds. The third kappa shape index (κ3) is 4.22. The van der Waals surface area contributed by atoms with Gasteiger partial charge in [0, 0.05) is 4.48 Å². The predicted molar refractivity (Wildman–Crippen MR) is 78.0 cm³/mol. The Morgan fingerprint density at radius 3 is 2.68 bits per heavy atom. The van der Waals surface area contributed by atoms with Crippen molar-refractivity contribution in [3.63, 3.8) is 0 Å². The molecule has 5 heteroatoms. The lowest BCUT2D eigenvalue weighted by Crippen LogP contribution is -2.16. The molecule has 1 aromatic carbocycles. The predicted octanol–water partition coefficient (Wildman–Crippen LogP) is 3.43. The highest BCUT2D eigenvalue weighted by atomic mass is 79.9. The minimum atomic E-state index is -0.388. The van der Waals surface area contributed by atoms with Crippen molar-refractivity contribution in [3.05, 3.63) is 64.5 Å².